The van der Waals surface area contributed by atoms with Crippen molar-refractivity contribution < 1.29 is 19.1 Å². The lowest BCUT2D eigenvalue weighted by Gasteiger charge is -2.32. The normalized spacial score (nSPS) is 20.2. The van der Waals surface area contributed by atoms with Crippen molar-refractivity contribution in [1.29, 1.82) is 0 Å². The van der Waals surface area contributed by atoms with Gasteiger partial charge in [-0.25, -0.2) is 0 Å². The van der Waals surface area contributed by atoms with Gasteiger partial charge in [-0.3, -0.25) is 19.3 Å². The van der Waals surface area contributed by atoms with Gasteiger partial charge in [-0.1, -0.05) is 18.5 Å². The molecule has 3 amide bonds. The first-order valence-electron chi connectivity index (χ1n) is 9.76. The molecule has 4 rings (SSSR count). The Kier molecular flexibility index (Phi) is 5.46. The van der Waals surface area contributed by atoms with Crippen LogP contribution in [0.2, 0.25) is 5.02 Å². The van der Waals surface area contributed by atoms with Crippen molar-refractivity contribution in [3.8, 4) is 5.75 Å². The zero-order valence-electron chi connectivity index (χ0n) is 16.7. The van der Waals surface area contributed by atoms with Crippen LogP contribution >= 0.6 is 22.9 Å². The molecule has 2 aromatic rings. The SMILES string of the molecule is CC1CCc2c(sc(NC(=O)CN3C(=O)C(C)Oc4ccc(Cl)cc43)c2C(N)=O)C1. The fourth-order valence-corrected chi connectivity index (χ4v) is 5.55. The molecule has 30 heavy (non-hydrogen) atoms. The number of thiophene rings is 1. The first-order chi connectivity index (χ1) is 14.2. The molecule has 9 heteroatoms. The highest BCUT2D eigenvalue weighted by atomic mass is 35.5. The number of nitrogens with zero attached hydrogens (tertiary/aromatic N) is 1. The molecule has 2 atom stereocenters. The number of benzene rings is 1. The summed E-state index contributed by atoms with van der Waals surface area (Å²) >= 11 is 7.47. The van der Waals surface area contributed by atoms with Crippen LogP contribution in [0, 0.1) is 5.92 Å². The minimum absolute atomic E-state index is 0.225. The molecule has 0 fully saturated rings. The maximum absolute atomic E-state index is 12.9. The van der Waals surface area contributed by atoms with Gasteiger partial charge in [0.1, 0.15) is 17.3 Å². The monoisotopic (exact) mass is 447 g/mol. The molecule has 0 saturated heterocycles. The Morgan fingerprint density at radius 2 is 2.13 bits per heavy atom. The van der Waals surface area contributed by atoms with E-state index in [1.54, 1.807) is 25.1 Å². The topological polar surface area (TPSA) is 102 Å². The van der Waals surface area contributed by atoms with Crippen LogP contribution in [0.3, 0.4) is 0 Å². The van der Waals surface area contributed by atoms with E-state index in [0.29, 0.717) is 32.9 Å². The molecule has 1 aromatic heterocycles. The maximum atomic E-state index is 12.9. The van der Waals surface area contributed by atoms with Crippen molar-refractivity contribution in [3.63, 3.8) is 0 Å². The second-order valence-corrected chi connectivity index (χ2v) is 9.31. The van der Waals surface area contributed by atoms with Gasteiger partial charge in [0.15, 0.2) is 6.10 Å². The molecule has 2 aliphatic rings. The predicted molar refractivity (Wildman–Crippen MR) is 117 cm³/mol. The number of rotatable bonds is 4. The number of primary amides is 1. The number of anilines is 2. The molecule has 158 valence electrons. The predicted octanol–water partition coefficient (Wildman–Crippen LogP) is 3.38. The first-order valence-corrected chi connectivity index (χ1v) is 11.0. The molecule has 0 bridgehead atoms. The lowest BCUT2D eigenvalue weighted by molar-refractivity contribution is -0.127. The molecular formula is C21H22ClN3O4S. The van der Waals surface area contributed by atoms with E-state index in [2.05, 4.69) is 12.2 Å². The highest BCUT2D eigenvalue weighted by Crippen LogP contribution is 2.40. The van der Waals surface area contributed by atoms with Crippen LogP contribution in [0.15, 0.2) is 18.2 Å². The molecule has 2 heterocycles. The largest absolute Gasteiger partial charge is 0.479 e. The van der Waals surface area contributed by atoms with Gasteiger partial charge in [-0.2, -0.15) is 0 Å². The van der Waals surface area contributed by atoms with Crippen LogP contribution in [0.4, 0.5) is 10.7 Å². The number of halogens is 1. The van der Waals surface area contributed by atoms with Crippen LogP contribution in [-0.4, -0.2) is 30.4 Å². The molecule has 0 saturated carbocycles. The van der Waals surface area contributed by atoms with Crippen molar-refractivity contribution in [3.05, 3.63) is 39.2 Å². The molecular weight excluding hydrogens is 426 g/mol. The molecule has 0 spiro atoms. The summed E-state index contributed by atoms with van der Waals surface area (Å²) in [5.74, 6) is -0.302. The van der Waals surface area contributed by atoms with Crippen molar-refractivity contribution in [2.24, 2.45) is 11.7 Å². The van der Waals surface area contributed by atoms with E-state index >= 15 is 0 Å². The third-order valence-corrected chi connectivity index (χ3v) is 6.85. The minimum atomic E-state index is -0.719. The van der Waals surface area contributed by atoms with Gasteiger partial charge in [0.05, 0.1) is 11.3 Å². The smallest absolute Gasteiger partial charge is 0.268 e. The summed E-state index contributed by atoms with van der Waals surface area (Å²) in [6, 6.07) is 4.93. The van der Waals surface area contributed by atoms with E-state index < -0.39 is 17.9 Å². The Hall–Kier alpha value is -2.58. The number of nitrogens with one attached hydrogen (secondary N) is 1. The highest BCUT2D eigenvalue weighted by molar-refractivity contribution is 7.17. The summed E-state index contributed by atoms with van der Waals surface area (Å²) < 4.78 is 5.60. The number of hydrogen-bond donors (Lipinski definition) is 2. The molecule has 7 nitrogen and oxygen atoms in total. The standard InChI is InChI=1S/C21H22ClN3O4S/c1-10-3-5-13-16(7-10)30-20(18(13)19(23)27)24-17(26)9-25-14-8-12(22)4-6-15(14)29-11(2)21(25)28/h4,6,8,10-11H,3,5,7,9H2,1-2H3,(H2,23,27)(H,24,26). The van der Waals surface area contributed by atoms with E-state index in [1.165, 1.54) is 16.2 Å². The summed E-state index contributed by atoms with van der Waals surface area (Å²) in [6.45, 7) is 3.57. The van der Waals surface area contributed by atoms with Gasteiger partial charge in [-0.05, 0) is 55.9 Å². The van der Waals surface area contributed by atoms with Crippen molar-refractivity contribution in [2.45, 2.75) is 39.2 Å². The second-order valence-electron chi connectivity index (χ2n) is 7.76. The maximum Gasteiger partial charge on any atom is 0.268 e. The van der Waals surface area contributed by atoms with E-state index in [1.807, 2.05) is 0 Å². The van der Waals surface area contributed by atoms with E-state index in [-0.39, 0.29) is 12.5 Å². The van der Waals surface area contributed by atoms with Gasteiger partial charge in [0, 0.05) is 9.90 Å². The fraction of sp³-hybridized carbons (Fsp3) is 0.381. The third kappa shape index (κ3) is 3.77. The van der Waals surface area contributed by atoms with Gasteiger partial charge in [0.2, 0.25) is 5.91 Å². The van der Waals surface area contributed by atoms with Crippen LogP contribution in [0.25, 0.3) is 0 Å². The van der Waals surface area contributed by atoms with Gasteiger partial charge < -0.3 is 15.8 Å². The van der Waals surface area contributed by atoms with Crippen molar-refractivity contribution >= 4 is 51.3 Å². The Labute approximate surface area is 183 Å². The first kappa shape index (κ1) is 20.7. The molecule has 3 N–H and O–H groups in total. The van der Waals surface area contributed by atoms with Gasteiger partial charge in [0.25, 0.3) is 11.8 Å². The highest BCUT2D eigenvalue weighted by Gasteiger charge is 2.34. The Morgan fingerprint density at radius 3 is 2.87 bits per heavy atom. The van der Waals surface area contributed by atoms with Crippen LogP contribution in [-0.2, 0) is 22.4 Å². The van der Waals surface area contributed by atoms with Gasteiger partial charge in [-0.15, -0.1) is 11.3 Å². The molecule has 1 aliphatic heterocycles. The summed E-state index contributed by atoms with van der Waals surface area (Å²) in [5.41, 5.74) is 7.39. The molecule has 0 radical (unpaired) electrons. The number of amides is 3. The number of fused-ring (bicyclic) bond motifs is 2. The van der Waals surface area contributed by atoms with E-state index in [4.69, 9.17) is 22.1 Å². The fourth-order valence-electron chi connectivity index (χ4n) is 3.95. The average molecular weight is 448 g/mol. The number of nitrogens with two attached hydrogens (primary N) is 1. The molecule has 1 aromatic carbocycles. The summed E-state index contributed by atoms with van der Waals surface area (Å²) in [7, 11) is 0. The van der Waals surface area contributed by atoms with Crippen molar-refractivity contribution in [2.75, 3.05) is 16.8 Å². The number of hydrogen-bond acceptors (Lipinski definition) is 5. The van der Waals surface area contributed by atoms with Crippen LogP contribution in [0.5, 0.6) is 5.75 Å². The molecule has 2 unspecified atom stereocenters. The number of ether oxygens (including phenoxy) is 1. The summed E-state index contributed by atoms with van der Waals surface area (Å²) in [5, 5.41) is 3.69. The second kappa shape index (κ2) is 7.92. The van der Waals surface area contributed by atoms with E-state index in [9.17, 15) is 14.4 Å². The Bertz CT molecular complexity index is 1050. The number of carbonyl (C=O) groups excluding carboxylic acids is 3. The lowest BCUT2D eigenvalue weighted by Crippen LogP contribution is -2.47. The minimum Gasteiger partial charge on any atom is -0.479 e. The Balaban J connectivity index is 1.60. The van der Waals surface area contributed by atoms with Crippen LogP contribution in [0.1, 0.15) is 41.1 Å². The van der Waals surface area contributed by atoms with Gasteiger partial charge >= 0.3 is 0 Å². The van der Waals surface area contributed by atoms with Crippen molar-refractivity contribution in [1.82, 2.24) is 0 Å². The zero-order chi connectivity index (χ0) is 21.6. The number of carbonyl (C=O) groups is 3. The Morgan fingerprint density at radius 1 is 1.37 bits per heavy atom. The van der Waals surface area contributed by atoms with Crippen LogP contribution < -0.4 is 20.7 Å². The summed E-state index contributed by atoms with van der Waals surface area (Å²) in [4.78, 5) is 40.0. The zero-order valence-corrected chi connectivity index (χ0v) is 18.2. The third-order valence-electron chi connectivity index (χ3n) is 5.44. The quantitative estimate of drug-likeness (QED) is 0.750. The average Bonchev–Trinajstić information content (AvgIpc) is 3.02. The van der Waals surface area contributed by atoms with E-state index in [0.717, 1.165) is 29.7 Å². The molecule has 1 aliphatic carbocycles. The lowest BCUT2D eigenvalue weighted by atomic mass is 9.88. The summed E-state index contributed by atoms with van der Waals surface area (Å²) in [6.07, 6.45) is 1.89.